The van der Waals surface area contributed by atoms with E-state index in [1.807, 2.05) is 0 Å². The predicted molar refractivity (Wildman–Crippen MR) is 270 cm³/mol. The van der Waals surface area contributed by atoms with Gasteiger partial charge in [-0.05, 0) is 60.2 Å². The molecule has 2 saturated heterocycles. The monoisotopic (exact) mass is 977 g/mol. The van der Waals surface area contributed by atoms with Gasteiger partial charge in [0.2, 0.25) is 0 Å². The Hall–Kier alpha value is -0.520. The van der Waals surface area contributed by atoms with Crippen molar-refractivity contribution in [1.29, 1.82) is 0 Å². The van der Waals surface area contributed by atoms with Gasteiger partial charge in [-0.3, -0.25) is 0 Å². The summed E-state index contributed by atoms with van der Waals surface area (Å²) >= 11 is 0. The molecule has 68 heavy (non-hydrogen) atoms. The molecule has 2 rings (SSSR count). The zero-order valence-corrected chi connectivity index (χ0v) is 44.9. The van der Waals surface area contributed by atoms with Crippen LogP contribution in [0.5, 0.6) is 0 Å². The molecule has 2 fully saturated rings. The molecule has 0 aliphatic carbocycles. The van der Waals surface area contributed by atoms with Gasteiger partial charge in [-0.25, -0.2) is 0 Å². The minimum absolute atomic E-state index is 0.0351. The van der Waals surface area contributed by atoms with Gasteiger partial charge in [0.05, 0.1) is 26.4 Å². The summed E-state index contributed by atoms with van der Waals surface area (Å²) in [5.74, 6) is 5.67. The smallest absolute Gasteiger partial charge is 0.187 e. The Bertz CT molecular complexity index is 1190. The third kappa shape index (κ3) is 26.4. The third-order valence-corrected chi connectivity index (χ3v) is 15.0. The molecule has 0 unspecified atom stereocenters. The molecule has 13 heteroatoms. The lowest BCUT2D eigenvalue weighted by atomic mass is 9.91. The highest BCUT2D eigenvalue weighted by Gasteiger charge is 2.51. The van der Waals surface area contributed by atoms with Gasteiger partial charge >= 0.3 is 0 Å². The van der Waals surface area contributed by atoms with Crippen LogP contribution in [0.2, 0.25) is 0 Å². The molecular formula is C55H108O13. The Kier molecular flexibility index (Phi) is 34.1. The fraction of sp³-hybridized carbons (Fsp3) is 1.00. The van der Waals surface area contributed by atoms with Crippen LogP contribution in [-0.2, 0) is 28.4 Å². The molecule has 406 valence electrons. The molecule has 0 saturated carbocycles. The zero-order chi connectivity index (χ0) is 50.6. The molecule has 0 aromatic heterocycles. The summed E-state index contributed by atoms with van der Waals surface area (Å²) in [4.78, 5) is 0. The van der Waals surface area contributed by atoms with Gasteiger partial charge in [-0.15, -0.1) is 0 Å². The molecule has 7 N–H and O–H groups in total. The summed E-state index contributed by atoms with van der Waals surface area (Å²) in [5.41, 5.74) is 0. The Morgan fingerprint density at radius 3 is 1.18 bits per heavy atom. The average Bonchev–Trinajstić information content (AvgIpc) is 3.28. The standard InChI is InChI=1S/C55H108O13/c1-37(2)17-11-19-39(5)21-13-23-41(7)25-15-27-43(9)29-31-63-35-45(64-32-30-44(10)28-16-26-42(8)24-14-22-40(6)20-12-18-38(3)4)36-65-55-53(51(61)49(59)47(34-57)67-55)68-54-52(62)50(60)48(58)46(33-56)66-54/h37-62H,11-36H2,1-10H3/t39-,40-,41-,42-,43-,44-,45-,46+,47+,48+,49+,50-,51-,52-,53+,54+,55-/m0/s1. The van der Waals surface area contributed by atoms with E-state index in [-0.39, 0.29) is 13.2 Å². The molecule has 0 amide bonds. The lowest BCUT2D eigenvalue weighted by Crippen LogP contribution is -2.64. The van der Waals surface area contributed by atoms with E-state index in [4.69, 9.17) is 28.4 Å². The summed E-state index contributed by atoms with van der Waals surface area (Å²) in [5, 5.41) is 73.0. The Morgan fingerprint density at radius 2 is 0.765 bits per heavy atom. The highest BCUT2D eigenvalue weighted by molar-refractivity contribution is 4.94. The first-order valence-corrected chi connectivity index (χ1v) is 27.8. The van der Waals surface area contributed by atoms with Crippen molar-refractivity contribution in [3.63, 3.8) is 0 Å². The molecule has 13 nitrogen and oxygen atoms in total. The molecule has 2 heterocycles. The summed E-state index contributed by atoms with van der Waals surface area (Å²) in [6, 6.07) is 0. The Balaban J connectivity index is 1.93. The van der Waals surface area contributed by atoms with E-state index in [1.54, 1.807) is 0 Å². The van der Waals surface area contributed by atoms with Crippen LogP contribution in [0.1, 0.15) is 198 Å². The number of rotatable bonds is 40. The van der Waals surface area contributed by atoms with Crippen LogP contribution < -0.4 is 0 Å². The summed E-state index contributed by atoms with van der Waals surface area (Å²) in [7, 11) is 0. The second kappa shape index (κ2) is 36.4. The van der Waals surface area contributed by atoms with E-state index in [0.717, 1.165) is 61.2 Å². The maximum atomic E-state index is 11.2. The van der Waals surface area contributed by atoms with Crippen molar-refractivity contribution in [3.05, 3.63) is 0 Å². The van der Waals surface area contributed by atoms with Crippen molar-refractivity contribution in [1.82, 2.24) is 0 Å². The maximum absolute atomic E-state index is 11.2. The van der Waals surface area contributed by atoms with Gasteiger partial charge < -0.3 is 64.2 Å². The van der Waals surface area contributed by atoms with Gasteiger partial charge in [0, 0.05) is 13.2 Å². The van der Waals surface area contributed by atoms with Gasteiger partial charge in [-0.2, -0.15) is 0 Å². The normalized spacial score (nSPS) is 29.0. The van der Waals surface area contributed by atoms with E-state index < -0.39 is 80.7 Å². The second-order valence-corrected chi connectivity index (χ2v) is 23.0. The van der Waals surface area contributed by atoms with Crippen LogP contribution in [0.3, 0.4) is 0 Å². The first-order valence-electron chi connectivity index (χ1n) is 27.8. The van der Waals surface area contributed by atoms with E-state index in [2.05, 4.69) is 69.2 Å². The molecule has 0 aromatic carbocycles. The van der Waals surface area contributed by atoms with E-state index in [1.165, 1.54) is 103 Å². The third-order valence-electron chi connectivity index (χ3n) is 15.0. The lowest BCUT2D eigenvalue weighted by Gasteiger charge is -2.46. The van der Waals surface area contributed by atoms with Crippen molar-refractivity contribution in [2.24, 2.45) is 47.3 Å². The van der Waals surface area contributed by atoms with Crippen molar-refractivity contribution < 1.29 is 64.2 Å². The zero-order valence-electron chi connectivity index (χ0n) is 44.9. The Labute approximate surface area is 415 Å². The molecule has 0 bridgehead atoms. The van der Waals surface area contributed by atoms with Crippen molar-refractivity contribution in [3.8, 4) is 0 Å². The van der Waals surface area contributed by atoms with Crippen LogP contribution in [0.25, 0.3) is 0 Å². The molecule has 2 aliphatic heterocycles. The van der Waals surface area contributed by atoms with Crippen LogP contribution in [0.4, 0.5) is 0 Å². The maximum Gasteiger partial charge on any atom is 0.187 e. The van der Waals surface area contributed by atoms with Crippen LogP contribution in [0.15, 0.2) is 0 Å². The first-order chi connectivity index (χ1) is 32.4. The summed E-state index contributed by atoms with van der Waals surface area (Å²) in [6.07, 6.45) is 9.16. The van der Waals surface area contributed by atoms with Crippen molar-refractivity contribution in [2.45, 2.75) is 265 Å². The SMILES string of the molecule is CC(C)CCC[C@H](C)CCC[C@H](C)CCC[C@H](C)CCOC[C@@H](CO[C@H]1O[C@H](CO)[C@@H](O)[C@H](O)[C@H]1O[C@H]1O[C@H](CO)[C@@H](O)[C@H](O)[C@@H]1O)OCC[C@@H](C)CCC[C@@H](C)CCC[C@@H](C)CCCC(C)C. The van der Waals surface area contributed by atoms with E-state index in [9.17, 15) is 35.7 Å². The van der Waals surface area contributed by atoms with Crippen LogP contribution in [0, 0.1) is 47.3 Å². The van der Waals surface area contributed by atoms with Crippen molar-refractivity contribution >= 4 is 0 Å². The van der Waals surface area contributed by atoms with E-state index in [0.29, 0.717) is 25.0 Å². The quantitative estimate of drug-likeness (QED) is 0.0288. The highest BCUT2D eigenvalue weighted by atomic mass is 16.8. The second-order valence-electron chi connectivity index (χ2n) is 23.0. The number of aliphatic hydroxyl groups is 7. The van der Waals surface area contributed by atoms with Gasteiger partial charge in [0.15, 0.2) is 12.6 Å². The first kappa shape index (κ1) is 63.6. The predicted octanol–water partition coefficient (Wildman–Crippen LogP) is 8.96. The minimum Gasteiger partial charge on any atom is -0.394 e. The average molecular weight is 977 g/mol. The molecule has 2 aliphatic rings. The van der Waals surface area contributed by atoms with Gasteiger partial charge in [-0.1, -0.05) is 185 Å². The fourth-order valence-electron chi connectivity index (χ4n) is 9.83. The number of aliphatic hydroxyl groups excluding tert-OH is 7. The van der Waals surface area contributed by atoms with E-state index >= 15 is 0 Å². The van der Waals surface area contributed by atoms with Crippen LogP contribution in [-0.4, -0.2) is 143 Å². The van der Waals surface area contributed by atoms with Gasteiger partial charge in [0.25, 0.3) is 0 Å². The summed E-state index contributed by atoms with van der Waals surface area (Å²) < 4.78 is 36.2. The molecule has 0 aromatic rings. The lowest BCUT2D eigenvalue weighted by molar-refractivity contribution is -0.369. The fourth-order valence-corrected chi connectivity index (χ4v) is 9.83. The van der Waals surface area contributed by atoms with Gasteiger partial charge in [0.1, 0.15) is 54.9 Å². The largest absolute Gasteiger partial charge is 0.394 e. The number of hydrogen-bond donors (Lipinski definition) is 7. The molecule has 0 spiro atoms. The molecule has 0 radical (unpaired) electrons. The Morgan fingerprint density at radius 1 is 0.397 bits per heavy atom. The topological polar surface area (TPSA) is 197 Å². The minimum atomic E-state index is -1.75. The van der Waals surface area contributed by atoms with Crippen LogP contribution >= 0.6 is 0 Å². The summed E-state index contributed by atoms with van der Waals surface area (Å²) in [6.45, 7) is 23.4. The number of hydrogen-bond acceptors (Lipinski definition) is 13. The highest BCUT2D eigenvalue weighted by Crippen LogP contribution is 2.31. The molecule has 17 atom stereocenters. The van der Waals surface area contributed by atoms with Crippen molar-refractivity contribution in [2.75, 3.05) is 39.6 Å². The number of ether oxygens (including phenoxy) is 6. The molecular weight excluding hydrogens is 869 g/mol.